The van der Waals surface area contributed by atoms with Crippen molar-refractivity contribution in [3.8, 4) is 0 Å². The summed E-state index contributed by atoms with van der Waals surface area (Å²) in [5.41, 5.74) is 0. The molecule has 0 aromatic rings. The Hall–Kier alpha value is -0.610. The Kier molecular flexibility index (Phi) is 7.17. The van der Waals surface area contributed by atoms with Crippen LogP contribution in [0.5, 0.6) is 0 Å². The maximum atomic E-state index is 11.7. The molecule has 2 N–H and O–H groups in total. The summed E-state index contributed by atoms with van der Waals surface area (Å²) in [5, 5.41) is 6.24. The Morgan fingerprint density at radius 1 is 1.38 bits per heavy atom. The first-order valence-corrected chi connectivity index (χ1v) is 6.34. The van der Waals surface area contributed by atoms with Gasteiger partial charge in [-0.2, -0.15) is 0 Å². The largest absolute Gasteiger partial charge is 0.385 e. The number of nitrogens with one attached hydrogen (secondary N) is 2. The van der Waals surface area contributed by atoms with E-state index in [0.29, 0.717) is 0 Å². The molecule has 0 spiro atoms. The molecule has 16 heavy (non-hydrogen) atoms. The Bertz CT molecular complexity index is 191. The molecule has 1 atom stereocenters. The van der Waals surface area contributed by atoms with E-state index >= 15 is 0 Å². The fraction of sp³-hybridized carbons (Fsp3) is 0.917. The third kappa shape index (κ3) is 5.47. The second-order valence-corrected chi connectivity index (χ2v) is 4.35. The normalized spacial score (nSPS) is 20.7. The van der Waals surface area contributed by atoms with E-state index in [4.69, 9.17) is 4.74 Å². The second kappa shape index (κ2) is 8.53. The van der Waals surface area contributed by atoms with E-state index in [-0.39, 0.29) is 11.9 Å². The first-order valence-electron chi connectivity index (χ1n) is 6.34. The molecule has 4 nitrogen and oxygen atoms in total. The van der Waals surface area contributed by atoms with E-state index in [1.165, 1.54) is 12.8 Å². The van der Waals surface area contributed by atoms with E-state index in [2.05, 4.69) is 10.6 Å². The highest BCUT2D eigenvalue weighted by atomic mass is 16.5. The zero-order valence-electron chi connectivity index (χ0n) is 10.3. The van der Waals surface area contributed by atoms with Crippen molar-refractivity contribution >= 4 is 5.91 Å². The summed E-state index contributed by atoms with van der Waals surface area (Å²) in [5.74, 6) is 0.173. The number of unbranched alkanes of at least 4 members (excludes halogenated alkanes) is 2. The average molecular weight is 228 g/mol. The van der Waals surface area contributed by atoms with Crippen LogP contribution in [-0.4, -0.2) is 38.8 Å². The molecule has 0 aromatic heterocycles. The molecular formula is C12H24N2O2. The molecule has 0 aliphatic carbocycles. The predicted molar refractivity (Wildman–Crippen MR) is 64.4 cm³/mol. The highest BCUT2D eigenvalue weighted by Gasteiger charge is 2.19. The Labute approximate surface area is 98.1 Å². The Balaban J connectivity index is 1.97. The molecule has 0 unspecified atom stereocenters. The summed E-state index contributed by atoms with van der Waals surface area (Å²) < 4.78 is 4.97. The zero-order chi connectivity index (χ0) is 11.6. The van der Waals surface area contributed by atoms with Crippen LogP contribution >= 0.6 is 0 Å². The lowest BCUT2D eigenvalue weighted by Crippen LogP contribution is -2.46. The maximum absolute atomic E-state index is 11.7. The van der Waals surface area contributed by atoms with Crippen molar-refractivity contribution in [1.29, 1.82) is 0 Å². The van der Waals surface area contributed by atoms with Gasteiger partial charge in [0.15, 0.2) is 0 Å². The minimum absolute atomic E-state index is 0.0488. The smallest absolute Gasteiger partial charge is 0.237 e. The van der Waals surface area contributed by atoms with Gasteiger partial charge in [-0.1, -0.05) is 6.42 Å². The van der Waals surface area contributed by atoms with E-state index in [1.807, 2.05) is 0 Å². The summed E-state index contributed by atoms with van der Waals surface area (Å²) in [6.45, 7) is 2.59. The van der Waals surface area contributed by atoms with Crippen LogP contribution < -0.4 is 10.6 Å². The number of piperidine rings is 1. The van der Waals surface area contributed by atoms with Crippen molar-refractivity contribution in [2.45, 2.75) is 44.6 Å². The van der Waals surface area contributed by atoms with Crippen LogP contribution in [0.4, 0.5) is 0 Å². The molecular weight excluding hydrogens is 204 g/mol. The topological polar surface area (TPSA) is 50.4 Å². The van der Waals surface area contributed by atoms with Crippen molar-refractivity contribution in [3.63, 3.8) is 0 Å². The Morgan fingerprint density at radius 2 is 2.25 bits per heavy atom. The lowest BCUT2D eigenvalue weighted by Gasteiger charge is -2.22. The molecule has 1 saturated heterocycles. The van der Waals surface area contributed by atoms with E-state index in [1.54, 1.807) is 7.11 Å². The number of hydrogen-bond donors (Lipinski definition) is 2. The van der Waals surface area contributed by atoms with Crippen molar-refractivity contribution in [2.75, 3.05) is 26.8 Å². The monoisotopic (exact) mass is 228 g/mol. The molecule has 4 heteroatoms. The molecule has 1 amide bonds. The quantitative estimate of drug-likeness (QED) is 0.641. The summed E-state index contributed by atoms with van der Waals surface area (Å²) in [6, 6.07) is 0.0488. The summed E-state index contributed by atoms with van der Waals surface area (Å²) in [4.78, 5) is 11.7. The highest BCUT2D eigenvalue weighted by Crippen LogP contribution is 2.06. The third-order valence-corrected chi connectivity index (χ3v) is 2.95. The van der Waals surface area contributed by atoms with Crippen molar-refractivity contribution in [3.05, 3.63) is 0 Å². The molecule has 1 fully saturated rings. The second-order valence-electron chi connectivity index (χ2n) is 4.35. The van der Waals surface area contributed by atoms with Gasteiger partial charge in [-0.25, -0.2) is 0 Å². The summed E-state index contributed by atoms with van der Waals surface area (Å²) >= 11 is 0. The predicted octanol–water partition coefficient (Wildman–Crippen LogP) is 1.06. The molecule has 1 aliphatic heterocycles. The van der Waals surface area contributed by atoms with Gasteiger partial charge in [0.25, 0.3) is 0 Å². The van der Waals surface area contributed by atoms with Crippen molar-refractivity contribution < 1.29 is 9.53 Å². The van der Waals surface area contributed by atoms with Gasteiger partial charge in [0.2, 0.25) is 5.91 Å². The van der Waals surface area contributed by atoms with Crippen LogP contribution in [0.15, 0.2) is 0 Å². The van der Waals surface area contributed by atoms with E-state index < -0.39 is 0 Å². The van der Waals surface area contributed by atoms with Crippen LogP contribution in [0.3, 0.4) is 0 Å². The number of rotatable bonds is 7. The van der Waals surface area contributed by atoms with Gasteiger partial charge >= 0.3 is 0 Å². The van der Waals surface area contributed by atoms with Gasteiger partial charge in [0, 0.05) is 20.3 Å². The minimum atomic E-state index is 0.0488. The Morgan fingerprint density at radius 3 is 2.94 bits per heavy atom. The average Bonchev–Trinajstić information content (AvgIpc) is 2.34. The molecule has 0 radical (unpaired) electrons. The van der Waals surface area contributed by atoms with Crippen molar-refractivity contribution in [1.82, 2.24) is 10.6 Å². The van der Waals surface area contributed by atoms with Crippen LogP contribution in [0.1, 0.15) is 38.5 Å². The fourth-order valence-corrected chi connectivity index (χ4v) is 1.96. The van der Waals surface area contributed by atoms with Crippen molar-refractivity contribution in [2.24, 2.45) is 0 Å². The van der Waals surface area contributed by atoms with Gasteiger partial charge < -0.3 is 15.4 Å². The minimum Gasteiger partial charge on any atom is -0.385 e. The number of ether oxygens (including phenoxy) is 1. The van der Waals surface area contributed by atoms with Crippen LogP contribution in [0, 0.1) is 0 Å². The number of carbonyl (C=O) groups excluding carboxylic acids is 1. The van der Waals surface area contributed by atoms with E-state index in [0.717, 1.165) is 45.4 Å². The molecule has 94 valence electrons. The number of hydrogen-bond acceptors (Lipinski definition) is 3. The molecule has 0 saturated carbocycles. The lowest BCUT2D eigenvalue weighted by molar-refractivity contribution is -0.123. The van der Waals surface area contributed by atoms with E-state index in [9.17, 15) is 4.79 Å². The summed E-state index contributed by atoms with van der Waals surface area (Å²) in [7, 11) is 1.72. The van der Waals surface area contributed by atoms with Crippen LogP contribution in [0.2, 0.25) is 0 Å². The first-order chi connectivity index (χ1) is 7.84. The van der Waals surface area contributed by atoms with Gasteiger partial charge in [-0.3, -0.25) is 4.79 Å². The summed E-state index contributed by atoms with van der Waals surface area (Å²) in [6.07, 6.45) is 6.58. The highest BCUT2D eigenvalue weighted by molar-refractivity contribution is 5.81. The zero-order valence-corrected chi connectivity index (χ0v) is 10.3. The molecule has 1 heterocycles. The van der Waals surface area contributed by atoms with Gasteiger partial charge in [0.1, 0.15) is 0 Å². The van der Waals surface area contributed by atoms with Gasteiger partial charge in [-0.15, -0.1) is 0 Å². The van der Waals surface area contributed by atoms with Gasteiger partial charge in [-0.05, 0) is 38.6 Å². The number of carbonyl (C=O) groups is 1. The van der Waals surface area contributed by atoms with Gasteiger partial charge in [0.05, 0.1) is 6.04 Å². The SMILES string of the molecule is COCCCCCNC(=O)[C@@H]1CCCCN1. The van der Waals surface area contributed by atoms with Crippen LogP contribution in [-0.2, 0) is 9.53 Å². The molecule has 1 aliphatic rings. The number of amides is 1. The molecule has 1 rings (SSSR count). The molecule has 0 bridgehead atoms. The maximum Gasteiger partial charge on any atom is 0.237 e. The first kappa shape index (κ1) is 13.5. The standard InChI is InChI=1S/C12H24N2O2/c1-16-10-6-2-4-9-14-12(15)11-7-3-5-8-13-11/h11,13H,2-10H2,1H3,(H,14,15)/t11-/m0/s1. The fourth-order valence-electron chi connectivity index (χ4n) is 1.96. The molecule has 0 aromatic carbocycles. The third-order valence-electron chi connectivity index (χ3n) is 2.95. The lowest BCUT2D eigenvalue weighted by atomic mass is 10.0. The number of methoxy groups -OCH3 is 1. The van der Waals surface area contributed by atoms with Crippen LogP contribution in [0.25, 0.3) is 0 Å².